The number of hydrogen-bond acceptors (Lipinski definition) is 4. The van der Waals surface area contributed by atoms with E-state index < -0.39 is 11.7 Å². The van der Waals surface area contributed by atoms with Gasteiger partial charge in [-0.2, -0.15) is 18.3 Å². The van der Waals surface area contributed by atoms with Gasteiger partial charge in [0, 0.05) is 37.2 Å². The van der Waals surface area contributed by atoms with Gasteiger partial charge in [0.05, 0.1) is 5.56 Å². The molecule has 0 saturated carbocycles. The normalized spacial score (nSPS) is 18.4. The van der Waals surface area contributed by atoms with Crippen LogP contribution in [0.4, 0.5) is 13.2 Å². The third-order valence-corrected chi connectivity index (χ3v) is 6.79. The SMILES string of the molecule is O=C1Cn2nc(-c3ccc(C(F)(F)F)cc3)nc2CC2(CCN(CCc3ccccc3)CC2)N1. The summed E-state index contributed by atoms with van der Waals surface area (Å²) < 4.78 is 40.2. The van der Waals surface area contributed by atoms with E-state index in [0.29, 0.717) is 23.6 Å². The molecule has 3 heterocycles. The Bertz CT molecular complexity index is 1150. The predicted octanol–water partition coefficient (Wildman–Crippen LogP) is 3.71. The van der Waals surface area contributed by atoms with Crippen LogP contribution in [-0.2, 0) is 30.4 Å². The zero-order valence-corrected chi connectivity index (χ0v) is 18.7. The van der Waals surface area contributed by atoms with Crippen LogP contribution < -0.4 is 5.32 Å². The minimum absolute atomic E-state index is 0.0580. The number of halogens is 3. The van der Waals surface area contributed by atoms with Crippen molar-refractivity contribution in [1.82, 2.24) is 25.0 Å². The highest BCUT2D eigenvalue weighted by atomic mass is 19.4. The number of hydrogen-bond donors (Lipinski definition) is 1. The number of likely N-dealkylation sites (tertiary alicyclic amines) is 1. The minimum atomic E-state index is -4.39. The molecule has 1 aromatic heterocycles. The van der Waals surface area contributed by atoms with E-state index in [9.17, 15) is 18.0 Å². The molecule has 1 N–H and O–H groups in total. The van der Waals surface area contributed by atoms with Crippen molar-refractivity contribution < 1.29 is 18.0 Å². The fourth-order valence-corrected chi connectivity index (χ4v) is 4.82. The number of nitrogens with one attached hydrogen (secondary N) is 1. The lowest BCUT2D eigenvalue weighted by Gasteiger charge is -2.41. The lowest BCUT2D eigenvalue weighted by atomic mass is 9.84. The molecule has 2 aliphatic rings. The average molecular weight is 470 g/mol. The molecule has 0 atom stereocenters. The largest absolute Gasteiger partial charge is 0.416 e. The van der Waals surface area contributed by atoms with Crippen molar-refractivity contribution in [3.8, 4) is 11.4 Å². The summed E-state index contributed by atoms with van der Waals surface area (Å²) in [6, 6.07) is 15.2. The topological polar surface area (TPSA) is 63.1 Å². The van der Waals surface area contributed by atoms with Gasteiger partial charge in [0.1, 0.15) is 12.4 Å². The highest BCUT2D eigenvalue weighted by molar-refractivity contribution is 5.77. The second-order valence-electron chi connectivity index (χ2n) is 9.17. The second-order valence-corrected chi connectivity index (χ2v) is 9.17. The van der Waals surface area contributed by atoms with Crippen LogP contribution in [0.25, 0.3) is 11.4 Å². The highest BCUT2D eigenvalue weighted by Gasteiger charge is 2.40. The number of carbonyl (C=O) groups is 1. The molecule has 1 fully saturated rings. The fourth-order valence-electron chi connectivity index (χ4n) is 4.82. The quantitative estimate of drug-likeness (QED) is 0.633. The number of rotatable bonds is 4. The fraction of sp³-hybridized carbons (Fsp3) is 0.400. The van der Waals surface area contributed by atoms with Crippen LogP contribution in [0.15, 0.2) is 54.6 Å². The van der Waals surface area contributed by atoms with Gasteiger partial charge in [0.25, 0.3) is 0 Å². The number of amides is 1. The molecule has 1 saturated heterocycles. The maximum atomic E-state index is 12.9. The molecular formula is C25H26F3N5O. The Kier molecular flexibility index (Phi) is 5.89. The monoisotopic (exact) mass is 469 g/mol. The van der Waals surface area contributed by atoms with Crippen molar-refractivity contribution in [3.63, 3.8) is 0 Å². The van der Waals surface area contributed by atoms with Crippen molar-refractivity contribution in [3.05, 3.63) is 71.5 Å². The van der Waals surface area contributed by atoms with Gasteiger partial charge in [-0.3, -0.25) is 4.79 Å². The summed E-state index contributed by atoms with van der Waals surface area (Å²) >= 11 is 0. The molecule has 0 aliphatic carbocycles. The van der Waals surface area contributed by atoms with Gasteiger partial charge < -0.3 is 10.2 Å². The molecule has 9 heteroatoms. The van der Waals surface area contributed by atoms with Gasteiger partial charge >= 0.3 is 6.18 Å². The van der Waals surface area contributed by atoms with Gasteiger partial charge in [-0.15, -0.1) is 0 Å². The Hall–Kier alpha value is -3.20. The average Bonchev–Trinajstić information content (AvgIpc) is 3.15. The molecule has 34 heavy (non-hydrogen) atoms. The Morgan fingerprint density at radius 1 is 1.00 bits per heavy atom. The lowest BCUT2D eigenvalue weighted by Crippen LogP contribution is -2.56. The van der Waals surface area contributed by atoms with Crippen LogP contribution in [0.1, 0.15) is 29.8 Å². The van der Waals surface area contributed by atoms with Crippen LogP contribution in [0.3, 0.4) is 0 Å². The standard InChI is InChI=1S/C25H26F3N5O/c26-25(27,28)20-8-6-19(7-9-20)23-29-21-16-24(30-22(34)17-33(21)31-23)11-14-32(15-12-24)13-10-18-4-2-1-3-5-18/h1-9H,10-17H2,(H,30,34). The van der Waals surface area contributed by atoms with Crippen molar-refractivity contribution in [2.75, 3.05) is 19.6 Å². The zero-order valence-electron chi connectivity index (χ0n) is 18.7. The van der Waals surface area contributed by atoms with Gasteiger partial charge in [-0.25, -0.2) is 9.67 Å². The molecule has 6 nitrogen and oxygen atoms in total. The Balaban J connectivity index is 1.28. The van der Waals surface area contributed by atoms with Crippen LogP contribution in [0.2, 0.25) is 0 Å². The molecule has 1 spiro atoms. The second kappa shape index (κ2) is 8.87. The molecule has 178 valence electrons. The van der Waals surface area contributed by atoms with Gasteiger partial charge in [-0.05, 0) is 37.0 Å². The third-order valence-electron chi connectivity index (χ3n) is 6.79. The first-order chi connectivity index (χ1) is 16.3. The van der Waals surface area contributed by atoms with E-state index in [2.05, 4.69) is 44.6 Å². The summed E-state index contributed by atoms with van der Waals surface area (Å²) in [4.78, 5) is 19.7. The summed E-state index contributed by atoms with van der Waals surface area (Å²) in [6.45, 7) is 2.80. The Morgan fingerprint density at radius 3 is 2.38 bits per heavy atom. The Labute approximate surface area is 195 Å². The summed E-state index contributed by atoms with van der Waals surface area (Å²) in [5.41, 5.74) is 0.724. The number of carbonyl (C=O) groups excluding carboxylic acids is 1. The summed E-state index contributed by atoms with van der Waals surface area (Å²) in [5.74, 6) is 0.917. The third kappa shape index (κ3) is 4.84. The van der Waals surface area contributed by atoms with E-state index in [4.69, 9.17) is 0 Å². The summed E-state index contributed by atoms with van der Waals surface area (Å²) in [6.07, 6.45) is -1.21. The van der Waals surface area contributed by atoms with Gasteiger partial charge in [0.15, 0.2) is 5.82 Å². The maximum Gasteiger partial charge on any atom is 0.416 e. The maximum absolute atomic E-state index is 12.9. The van der Waals surface area contributed by atoms with Crippen molar-refractivity contribution in [2.24, 2.45) is 0 Å². The molecule has 2 aliphatic heterocycles. The van der Waals surface area contributed by atoms with Gasteiger partial charge in [0.2, 0.25) is 5.91 Å². The molecule has 0 unspecified atom stereocenters. The van der Waals surface area contributed by atoms with E-state index in [0.717, 1.165) is 51.0 Å². The molecule has 2 aromatic carbocycles. The van der Waals surface area contributed by atoms with Crippen LogP contribution in [-0.4, -0.2) is 50.7 Å². The van der Waals surface area contributed by atoms with Crippen molar-refractivity contribution in [1.29, 1.82) is 0 Å². The lowest BCUT2D eigenvalue weighted by molar-refractivity contribution is -0.137. The molecule has 0 bridgehead atoms. The molecule has 5 rings (SSSR count). The van der Waals surface area contributed by atoms with Crippen LogP contribution in [0, 0.1) is 0 Å². The van der Waals surface area contributed by atoms with E-state index in [1.54, 1.807) is 4.68 Å². The number of alkyl halides is 3. The number of fused-ring (bicyclic) bond motifs is 1. The molecule has 1 amide bonds. The molecular weight excluding hydrogens is 443 g/mol. The van der Waals surface area contributed by atoms with E-state index >= 15 is 0 Å². The number of piperidine rings is 1. The highest BCUT2D eigenvalue weighted by Crippen LogP contribution is 2.32. The first-order valence-electron chi connectivity index (χ1n) is 11.5. The minimum Gasteiger partial charge on any atom is -0.349 e. The number of nitrogens with zero attached hydrogens (tertiary/aromatic N) is 4. The van der Waals surface area contributed by atoms with E-state index in [-0.39, 0.29) is 18.0 Å². The van der Waals surface area contributed by atoms with E-state index in [1.165, 1.54) is 17.7 Å². The van der Waals surface area contributed by atoms with Crippen LogP contribution >= 0.6 is 0 Å². The number of benzene rings is 2. The predicted molar refractivity (Wildman–Crippen MR) is 121 cm³/mol. The van der Waals surface area contributed by atoms with E-state index in [1.807, 2.05) is 6.07 Å². The first kappa shape index (κ1) is 22.6. The Morgan fingerprint density at radius 2 is 1.71 bits per heavy atom. The molecule has 3 aromatic rings. The summed E-state index contributed by atoms with van der Waals surface area (Å²) in [5, 5.41) is 7.65. The zero-order chi connectivity index (χ0) is 23.8. The van der Waals surface area contributed by atoms with Crippen molar-refractivity contribution in [2.45, 2.75) is 43.9 Å². The number of aromatic nitrogens is 3. The smallest absolute Gasteiger partial charge is 0.349 e. The van der Waals surface area contributed by atoms with Gasteiger partial charge in [-0.1, -0.05) is 42.5 Å². The van der Waals surface area contributed by atoms with Crippen LogP contribution in [0.5, 0.6) is 0 Å². The molecule has 0 radical (unpaired) electrons. The first-order valence-corrected chi connectivity index (χ1v) is 11.5. The summed E-state index contributed by atoms with van der Waals surface area (Å²) in [7, 11) is 0. The van der Waals surface area contributed by atoms with Crippen molar-refractivity contribution >= 4 is 5.91 Å².